The number of carbonyl (C=O) groups is 1. The van der Waals surface area contributed by atoms with E-state index in [1.54, 1.807) is 0 Å². The van der Waals surface area contributed by atoms with Crippen LogP contribution in [-0.2, 0) is 4.79 Å². The lowest BCUT2D eigenvalue weighted by Gasteiger charge is -2.33. The molecule has 1 amide bonds. The van der Waals surface area contributed by atoms with E-state index in [1.807, 2.05) is 4.90 Å². The first-order chi connectivity index (χ1) is 7.02. The predicted molar refractivity (Wildman–Crippen MR) is 62.4 cm³/mol. The Balaban J connectivity index is 2.80. The molecule has 1 heterocycles. The molecular formula is C12H24N2O. The second-order valence-electron chi connectivity index (χ2n) is 4.77. The fraction of sp³-hybridized carbons (Fsp3) is 0.917. The molecule has 1 aliphatic heterocycles. The Labute approximate surface area is 93.2 Å². The Bertz CT molecular complexity index is 228. The van der Waals surface area contributed by atoms with Crippen molar-refractivity contribution in [2.24, 2.45) is 5.92 Å². The van der Waals surface area contributed by atoms with Gasteiger partial charge in [0.2, 0.25) is 5.91 Å². The number of carbonyl (C=O) groups excluding carboxylic acids is 1. The lowest BCUT2D eigenvalue weighted by Crippen LogP contribution is -2.45. The van der Waals surface area contributed by atoms with Gasteiger partial charge in [-0.15, -0.1) is 0 Å². The van der Waals surface area contributed by atoms with Crippen LogP contribution < -0.4 is 5.32 Å². The quantitative estimate of drug-likeness (QED) is 0.773. The normalized spacial score (nSPS) is 28.9. The van der Waals surface area contributed by atoms with Gasteiger partial charge >= 0.3 is 0 Å². The molecule has 0 spiro atoms. The van der Waals surface area contributed by atoms with Gasteiger partial charge in [-0.3, -0.25) is 10.1 Å². The van der Waals surface area contributed by atoms with Gasteiger partial charge in [0.15, 0.2) is 0 Å². The molecule has 1 rings (SSSR count). The zero-order valence-corrected chi connectivity index (χ0v) is 10.6. The van der Waals surface area contributed by atoms with Gasteiger partial charge in [-0.2, -0.15) is 0 Å². The molecule has 3 nitrogen and oxygen atoms in total. The van der Waals surface area contributed by atoms with Crippen molar-refractivity contribution in [2.75, 3.05) is 0 Å². The van der Waals surface area contributed by atoms with Gasteiger partial charge in [-0.05, 0) is 25.7 Å². The first-order valence-electron chi connectivity index (χ1n) is 6.11. The van der Waals surface area contributed by atoms with E-state index in [-0.39, 0.29) is 18.1 Å². The van der Waals surface area contributed by atoms with Crippen molar-refractivity contribution in [2.45, 2.75) is 65.7 Å². The maximum absolute atomic E-state index is 12.1. The van der Waals surface area contributed by atoms with Crippen LogP contribution in [-0.4, -0.2) is 29.1 Å². The third kappa shape index (κ3) is 2.33. The summed E-state index contributed by atoms with van der Waals surface area (Å²) in [4.78, 5) is 14.2. The van der Waals surface area contributed by atoms with E-state index < -0.39 is 0 Å². The summed E-state index contributed by atoms with van der Waals surface area (Å²) in [6, 6.07) is 0.407. The Hall–Kier alpha value is -0.570. The Kier molecular flexibility index (Phi) is 4.14. The van der Waals surface area contributed by atoms with Crippen molar-refractivity contribution in [3.63, 3.8) is 0 Å². The summed E-state index contributed by atoms with van der Waals surface area (Å²) in [6.07, 6.45) is 2.11. The molecule has 0 aromatic rings. The third-order valence-electron chi connectivity index (χ3n) is 3.37. The molecule has 3 unspecified atom stereocenters. The maximum atomic E-state index is 12.1. The van der Waals surface area contributed by atoms with Gasteiger partial charge in [0.25, 0.3) is 0 Å². The molecule has 3 heteroatoms. The minimum atomic E-state index is 0.0350. The van der Waals surface area contributed by atoms with Crippen LogP contribution in [0.15, 0.2) is 0 Å². The number of rotatable bonds is 4. The largest absolute Gasteiger partial charge is 0.323 e. The SMILES string of the molecule is CCC1NC(C)N(C(CC)C(C)C)C1=O. The highest BCUT2D eigenvalue weighted by Crippen LogP contribution is 2.22. The second-order valence-corrected chi connectivity index (χ2v) is 4.77. The summed E-state index contributed by atoms with van der Waals surface area (Å²) in [5, 5.41) is 3.35. The molecule has 0 radical (unpaired) electrons. The van der Waals surface area contributed by atoms with E-state index in [0.29, 0.717) is 12.0 Å². The van der Waals surface area contributed by atoms with Crippen molar-refractivity contribution >= 4 is 5.91 Å². The molecular weight excluding hydrogens is 188 g/mol. The monoisotopic (exact) mass is 212 g/mol. The van der Waals surface area contributed by atoms with Crippen molar-refractivity contribution in [1.82, 2.24) is 10.2 Å². The molecule has 1 saturated heterocycles. The number of amides is 1. The molecule has 3 atom stereocenters. The third-order valence-corrected chi connectivity index (χ3v) is 3.37. The molecule has 0 aromatic carbocycles. The molecule has 1 fully saturated rings. The van der Waals surface area contributed by atoms with Gasteiger partial charge < -0.3 is 4.90 Å². The lowest BCUT2D eigenvalue weighted by molar-refractivity contribution is -0.133. The average molecular weight is 212 g/mol. The van der Waals surface area contributed by atoms with Crippen molar-refractivity contribution < 1.29 is 4.79 Å². The highest BCUT2D eigenvalue weighted by atomic mass is 16.2. The molecule has 0 saturated carbocycles. The van der Waals surface area contributed by atoms with Crippen molar-refractivity contribution in [3.05, 3.63) is 0 Å². The fourth-order valence-corrected chi connectivity index (χ4v) is 2.55. The number of nitrogens with one attached hydrogen (secondary N) is 1. The Morgan fingerprint density at radius 3 is 2.33 bits per heavy atom. The molecule has 15 heavy (non-hydrogen) atoms. The van der Waals surface area contributed by atoms with Gasteiger partial charge in [0.1, 0.15) is 0 Å². The van der Waals surface area contributed by atoms with E-state index in [9.17, 15) is 4.79 Å². The summed E-state index contributed by atoms with van der Waals surface area (Å²) in [5.41, 5.74) is 0. The fourth-order valence-electron chi connectivity index (χ4n) is 2.55. The minimum absolute atomic E-state index is 0.0350. The highest BCUT2D eigenvalue weighted by molar-refractivity contribution is 5.84. The summed E-state index contributed by atoms with van der Waals surface area (Å²) in [7, 11) is 0. The van der Waals surface area contributed by atoms with Crippen LogP contribution in [0.25, 0.3) is 0 Å². The lowest BCUT2D eigenvalue weighted by atomic mass is 9.99. The predicted octanol–water partition coefficient (Wildman–Crippen LogP) is 1.98. The first kappa shape index (κ1) is 12.5. The number of hydrogen-bond acceptors (Lipinski definition) is 2. The van der Waals surface area contributed by atoms with E-state index in [2.05, 4.69) is 39.9 Å². The molecule has 0 bridgehead atoms. The van der Waals surface area contributed by atoms with E-state index in [4.69, 9.17) is 0 Å². The highest BCUT2D eigenvalue weighted by Gasteiger charge is 2.39. The number of nitrogens with zero attached hydrogens (tertiary/aromatic N) is 1. The van der Waals surface area contributed by atoms with Crippen LogP contribution in [0.4, 0.5) is 0 Å². The summed E-state index contributed by atoms with van der Waals surface area (Å²) in [5.74, 6) is 0.810. The van der Waals surface area contributed by atoms with Crippen molar-refractivity contribution in [3.8, 4) is 0 Å². The molecule has 1 aliphatic rings. The standard InChI is InChI=1S/C12H24N2O/c1-6-10-12(15)14(9(5)13-10)11(7-2)8(3)4/h8-11,13H,6-7H2,1-5H3. The molecule has 1 N–H and O–H groups in total. The van der Waals surface area contributed by atoms with Crippen LogP contribution in [0.2, 0.25) is 0 Å². The topological polar surface area (TPSA) is 32.3 Å². The Morgan fingerprint density at radius 1 is 1.40 bits per heavy atom. The van der Waals surface area contributed by atoms with Crippen LogP contribution in [0.1, 0.15) is 47.5 Å². The van der Waals surface area contributed by atoms with E-state index in [1.165, 1.54) is 0 Å². The summed E-state index contributed by atoms with van der Waals surface area (Å²) in [6.45, 7) is 10.7. The van der Waals surface area contributed by atoms with E-state index in [0.717, 1.165) is 12.8 Å². The Morgan fingerprint density at radius 2 is 2.00 bits per heavy atom. The van der Waals surface area contributed by atoms with Gasteiger partial charge in [0.05, 0.1) is 12.2 Å². The summed E-state index contributed by atoms with van der Waals surface area (Å²) >= 11 is 0. The zero-order valence-electron chi connectivity index (χ0n) is 10.6. The molecule has 0 aliphatic carbocycles. The first-order valence-corrected chi connectivity index (χ1v) is 6.11. The average Bonchev–Trinajstić information content (AvgIpc) is 2.45. The minimum Gasteiger partial charge on any atom is -0.323 e. The summed E-state index contributed by atoms with van der Waals surface area (Å²) < 4.78 is 0. The zero-order chi connectivity index (χ0) is 11.6. The van der Waals surface area contributed by atoms with Crippen LogP contribution in [0.3, 0.4) is 0 Å². The smallest absolute Gasteiger partial charge is 0.241 e. The van der Waals surface area contributed by atoms with Gasteiger partial charge in [-0.25, -0.2) is 0 Å². The second kappa shape index (κ2) is 4.97. The number of hydrogen-bond donors (Lipinski definition) is 1. The van der Waals surface area contributed by atoms with Crippen molar-refractivity contribution in [1.29, 1.82) is 0 Å². The maximum Gasteiger partial charge on any atom is 0.241 e. The van der Waals surface area contributed by atoms with Crippen LogP contribution in [0.5, 0.6) is 0 Å². The van der Waals surface area contributed by atoms with Crippen LogP contribution in [0, 0.1) is 5.92 Å². The van der Waals surface area contributed by atoms with Crippen LogP contribution >= 0.6 is 0 Å². The molecule has 0 aromatic heterocycles. The van der Waals surface area contributed by atoms with Gasteiger partial charge in [-0.1, -0.05) is 27.7 Å². The van der Waals surface area contributed by atoms with Gasteiger partial charge in [0, 0.05) is 6.04 Å². The van der Waals surface area contributed by atoms with E-state index >= 15 is 0 Å². The molecule has 88 valence electrons.